The molecular weight excluding hydrogens is 746 g/mol. The second-order valence-electron chi connectivity index (χ2n) is 16.0. The molecule has 0 aromatic rings. The number of carbonyl (C=O) groups is 4. The van der Waals surface area contributed by atoms with Gasteiger partial charge in [-0.25, -0.2) is 0 Å². The maximum absolute atomic E-state index is 13.3. The molecule has 0 aliphatic carbocycles. The van der Waals surface area contributed by atoms with E-state index < -0.39 is 121 Å². The van der Waals surface area contributed by atoms with E-state index >= 15 is 0 Å². The monoisotopic (exact) mass is 813 g/mol. The van der Waals surface area contributed by atoms with Gasteiger partial charge in [-0.05, 0) is 60.0 Å². The van der Waals surface area contributed by atoms with Crippen molar-refractivity contribution < 1.29 is 72.4 Å². The number of hydrogen-bond donors (Lipinski definition) is 3. The zero-order valence-corrected chi connectivity index (χ0v) is 35.2. The third-order valence-electron chi connectivity index (χ3n) is 10.9. The van der Waals surface area contributed by atoms with Crippen molar-refractivity contribution in [1.82, 2.24) is 4.90 Å². The van der Waals surface area contributed by atoms with Gasteiger partial charge in [0.2, 0.25) is 0 Å². The van der Waals surface area contributed by atoms with E-state index in [1.165, 1.54) is 7.11 Å². The lowest BCUT2D eigenvalue weighted by Gasteiger charge is -2.50. The molecule has 3 N–H and O–H groups in total. The summed E-state index contributed by atoms with van der Waals surface area (Å²) in [5, 5.41) is 34.5. The number of ether oxygens (including phenoxy) is 8. The van der Waals surface area contributed by atoms with Crippen LogP contribution < -0.4 is 0 Å². The first-order chi connectivity index (χ1) is 26.9. The summed E-state index contributed by atoms with van der Waals surface area (Å²) < 4.78 is 48.5. The molecule has 3 aliphatic heterocycles. The molecule has 0 aromatic heterocycles. The number of rotatable bonds is 12. The summed E-state index contributed by atoms with van der Waals surface area (Å²) in [4.78, 5) is 52.3. The lowest BCUT2D eigenvalue weighted by molar-refractivity contribution is -0.344. The van der Waals surface area contributed by atoms with Crippen molar-refractivity contribution >= 4 is 24.2 Å². The van der Waals surface area contributed by atoms with E-state index in [4.69, 9.17) is 37.9 Å². The van der Waals surface area contributed by atoms with Crippen LogP contribution in [0.2, 0.25) is 0 Å². The van der Waals surface area contributed by atoms with Crippen molar-refractivity contribution in [2.24, 2.45) is 11.8 Å². The number of aldehydes is 1. The van der Waals surface area contributed by atoms with Crippen LogP contribution >= 0.6 is 0 Å². The lowest BCUT2D eigenvalue weighted by Crippen LogP contribution is -2.66. The van der Waals surface area contributed by atoms with Crippen molar-refractivity contribution in [1.29, 1.82) is 0 Å². The number of aliphatic hydroxyl groups excluding tert-OH is 2. The fourth-order valence-electron chi connectivity index (χ4n) is 7.82. The van der Waals surface area contributed by atoms with Crippen LogP contribution in [0.1, 0.15) is 93.4 Å². The van der Waals surface area contributed by atoms with Gasteiger partial charge in [0, 0.05) is 39.2 Å². The Morgan fingerprint density at radius 3 is 2.23 bits per heavy atom. The summed E-state index contributed by atoms with van der Waals surface area (Å²) in [7, 11) is 4.86. The van der Waals surface area contributed by atoms with Crippen molar-refractivity contribution in [3.8, 4) is 0 Å². The molecule has 0 radical (unpaired) electrons. The number of carbonyl (C=O) groups excluding carboxylic acids is 4. The minimum Gasteiger partial charge on any atom is -0.462 e. The van der Waals surface area contributed by atoms with E-state index in [1.54, 1.807) is 78.8 Å². The molecule has 0 amide bonds. The minimum absolute atomic E-state index is 0.000633. The average Bonchev–Trinajstić information content (AvgIpc) is 3.13. The molecule has 0 spiro atoms. The van der Waals surface area contributed by atoms with E-state index in [0.29, 0.717) is 12.7 Å². The molecule has 0 bridgehead atoms. The number of hydrogen-bond acceptors (Lipinski definition) is 16. The van der Waals surface area contributed by atoms with E-state index in [9.17, 15) is 34.5 Å². The Labute approximate surface area is 337 Å². The summed E-state index contributed by atoms with van der Waals surface area (Å²) in [6.07, 6.45) is -4.08. The van der Waals surface area contributed by atoms with Crippen LogP contribution in [0.5, 0.6) is 0 Å². The molecule has 3 aliphatic rings. The Morgan fingerprint density at radius 1 is 0.965 bits per heavy atom. The quantitative estimate of drug-likeness (QED) is 0.147. The Balaban J connectivity index is 2.01. The van der Waals surface area contributed by atoms with Crippen LogP contribution in [0.25, 0.3) is 0 Å². The highest BCUT2D eigenvalue weighted by Crippen LogP contribution is 2.37. The SMILES string of the molecule is CCC(=O)OC1C(C)OC(OC2C(C)OC(O[C@H]3[C@@H](CC=O)C[C@@H](C)[C@@H](O)/C=C\C=C\C[C@@H](C)OC(=O)C[C@@H](OC(=O)CC)[C@@H]3OC)C(O)C2N(C)C)CC1(C)O. The van der Waals surface area contributed by atoms with Gasteiger partial charge in [0.05, 0.1) is 36.9 Å². The molecule has 3 rings (SSSR count). The molecule has 16 heteroatoms. The second-order valence-corrected chi connectivity index (χ2v) is 16.0. The van der Waals surface area contributed by atoms with Crippen LogP contribution in [-0.4, -0.2) is 151 Å². The summed E-state index contributed by atoms with van der Waals surface area (Å²) >= 11 is 0. The van der Waals surface area contributed by atoms with Gasteiger partial charge in [-0.1, -0.05) is 45.1 Å². The molecule has 0 saturated carbocycles. The fourth-order valence-corrected chi connectivity index (χ4v) is 7.82. The number of aliphatic hydroxyl groups is 3. The highest BCUT2D eigenvalue weighted by Gasteiger charge is 2.53. The summed E-state index contributed by atoms with van der Waals surface area (Å²) in [6, 6.07) is -0.779. The molecule has 16 atom stereocenters. The van der Waals surface area contributed by atoms with Gasteiger partial charge in [-0.2, -0.15) is 0 Å². The standard InChI is InChI=1S/C41H67NO15/c1-11-30(45)54-29-21-32(47)51-24(4)16-14-13-15-17-28(44)23(3)20-27(18-19-43)37(38(29)50-10)57-40-35(48)34(42(8)9)36(25(5)53-40)56-33-22-41(7,49)39(26(6)52-33)55-31(46)12-2/h13-15,17,19,23-29,33-40,44,48-49H,11-12,16,18,20-22H2,1-10H3/b14-13+,17-15-/t23-,24-,25?,26?,27+,28+,29-,33?,34?,35?,36?,37+,38+,39?,40?,41?/m1/s1. The first-order valence-electron chi connectivity index (χ1n) is 20.1. The van der Waals surface area contributed by atoms with Crippen LogP contribution in [-0.2, 0) is 57.1 Å². The third kappa shape index (κ3) is 13.6. The molecule has 16 nitrogen and oxygen atoms in total. The number of likely N-dealkylation sites (N-methyl/N-ethyl adjacent to an activating group) is 1. The first kappa shape index (κ1) is 48.6. The van der Waals surface area contributed by atoms with Crippen LogP contribution in [0.3, 0.4) is 0 Å². The van der Waals surface area contributed by atoms with E-state index in [2.05, 4.69) is 0 Å². The predicted molar refractivity (Wildman–Crippen MR) is 205 cm³/mol. The van der Waals surface area contributed by atoms with Gasteiger partial charge in [0.15, 0.2) is 18.7 Å². The summed E-state index contributed by atoms with van der Waals surface area (Å²) in [5.41, 5.74) is -1.49. The maximum atomic E-state index is 13.3. The first-order valence-corrected chi connectivity index (χ1v) is 20.1. The summed E-state index contributed by atoms with van der Waals surface area (Å²) in [6.45, 7) is 11.8. The van der Waals surface area contributed by atoms with Gasteiger partial charge in [0.1, 0.15) is 42.4 Å². The molecule has 3 heterocycles. The van der Waals surface area contributed by atoms with Gasteiger partial charge < -0.3 is 62.9 Å². The molecule has 0 aromatic carbocycles. The third-order valence-corrected chi connectivity index (χ3v) is 10.9. The van der Waals surface area contributed by atoms with Crippen molar-refractivity contribution in [3.05, 3.63) is 24.3 Å². The fraction of sp³-hybridized carbons (Fsp3) is 0.805. The normalized spacial score (nSPS) is 41.1. The van der Waals surface area contributed by atoms with E-state index in [1.807, 2.05) is 13.0 Å². The number of esters is 3. The van der Waals surface area contributed by atoms with Crippen LogP contribution in [0, 0.1) is 11.8 Å². The average molecular weight is 814 g/mol. The molecule has 326 valence electrons. The van der Waals surface area contributed by atoms with Gasteiger partial charge in [-0.15, -0.1) is 0 Å². The van der Waals surface area contributed by atoms with Crippen molar-refractivity contribution in [2.75, 3.05) is 21.2 Å². The minimum atomic E-state index is -1.49. The number of nitrogens with zero attached hydrogens (tertiary/aromatic N) is 1. The zero-order valence-electron chi connectivity index (χ0n) is 35.2. The largest absolute Gasteiger partial charge is 0.462 e. The number of methoxy groups -OCH3 is 1. The Bertz CT molecular complexity index is 1350. The van der Waals surface area contributed by atoms with E-state index in [-0.39, 0.29) is 32.1 Å². The van der Waals surface area contributed by atoms with Crippen LogP contribution in [0.15, 0.2) is 24.3 Å². The Morgan fingerprint density at radius 2 is 1.63 bits per heavy atom. The Hall–Kier alpha value is -2.80. The second kappa shape index (κ2) is 22.5. The predicted octanol–water partition coefficient (Wildman–Crippen LogP) is 2.77. The summed E-state index contributed by atoms with van der Waals surface area (Å²) in [5.74, 6) is -2.82. The van der Waals surface area contributed by atoms with Crippen LogP contribution in [0.4, 0.5) is 0 Å². The number of allylic oxidation sites excluding steroid dienone is 2. The molecular formula is C41H67NO15. The highest BCUT2D eigenvalue weighted by atomic mass is 16.7. The molecule has 57 heavy (non-hydrogen) atoms. The molecule has 2 saturated heterocycles. The van der Waals surface area contributed by atoms with E-state index in [0.717, 1.165) is 0 Å². The number of cyclic esters (lactones) is 1. The van der Waals surface area contributed by atoms with Crippen molar-refractivity contribution in [3.63, 3.8) is 0 Å². The molecule has 9 unspecified atom stereocenters. The van der Waals surface area contributed by atoms with Gasteiger partial charge in [-0.3, -0.25) is 14.4 Å². The van der Waals surface area contributed by atoms with Crippen molar-refractivity contribution in [2.45, 2.75) is 179 Å². The topological polar surface area (TPSA) is 206 Å². The highest BCUT2D eigenvalue weighted by molar-refractivity contribution is 5.72. The maximum Gasteiger partial charge on any atom is 0.309 e. The Kier molecular flexibility index (Phi) is 19.2. The van der Waals surface area contributed by atoms with Gasteiger partial charge in [0.25, 0.3) is 0 Å². The zero-order chi connectivity index (χ0) is 42.6. The smallest absolute Gasteiger partial charge is 0.309 e. The lowest BCUT2D eigenvalue weighted by atomic mass is 9.82. The van der Waals surface area contributed by atoms with Gasteiger partial charge >= 0.3 is 17.9 Å². The molecule has 2 fully saturated rings.